The van der Waals surface area contributed by atoms with Crippen molar-refractivity contribution in [1.29, 1.82) is 0 Å². The van der Waals surface area contributed by atoms with Crippen molar-refractivity contribution in [1.82, 2.24) is 4.90 Å². The first-order valence-corrected chi connectivity index (χ1v) is 15.1. The molecule has 2 aromatic rings. The molecule has 0 aromatic heterocycles. The quantitative estimate of drug-likeness (QED) is 0.342. The lowest BCUT2D eigenvalue weighted by Gasteiger charge is -2.37. The molecule has 3 fully saturated rings. The van der Waals surface area contributed by atoms with Gasteiger partial charge < -0.3 is 29.3 Å². The first-order chi connectivity index (χ1) is 20.8. The summed E-state index contributed by atoms with van der Waals surface area (Å²) < 4.78 is 12.2. The van der Waals surface area contributed by atoms with Gasteiger partial charge in [-0.05, 0) is 74.7 Å². The largest absolute Gasteiger partial charge is 0.494 e. The van der Waals surface area contributed by atoms with E-state index in [1.165, 1.54) is 4.90 Å². The van der Waals surface area contributed by atoms with Gasteiger partial charge in [0.05, 0.1) is 24.5 Å². The first kappa shape index (κ1) is 30.8. The van der Waals surface area contributed by atoms with Crippen molar-refractivity contribution in [3.63, 3.8) is 0 Å². The van der Waals surface area contributed by atoms with Crippen LogP contribution in [0.2, 0.25) is 5.02 Å². The van der Waals surface area contributed by atoms with Gasteiger partial charge in [-0.2, -0.15) is 0 Å². The van der Waals surface area contributed by atoms with E-state index in [2.05, 4.69) is 13.2 Å². The van der Waals surface area contributed by atoms with Gasteiger partial charge in [0.2, 0.25) is 11.8 Å². The molecule has 3 saturated heterocycles. The van der Waals surface area contributed by atoms with Crippen LogP contribution in [0.4, 0.5) is 11.4 Å². The van der Waals surface area contributed by atoms with E-state index in [1.807, 2.05) is 19.1 Å². The van der Waals surface area contributed by atoms with E-state index in [1.54, 1.807) is 58.4 Å². The van der Waals surface area contributed by atoms with Gasteiger partial charge in [0.1, 0.15) is 17.4 Å². The number of likely N-dealkylation sites (tertiary alicyclic amines) is 1. The van der Waals surface area contributed by atoms with Crippen LogP contribution in [0.25, 0.3) is 0 Å². The fourth-order valence-electron chi connectivity index (χ4n) is 6.94. The number of benzene rings is 2. The third kappa shape index (κ3) is 5.46. The molecule has 1 N–H and O–H groups in total. The van der Waals surface area contributed by atoms with Crippen LogP contribution >= 0.6 is 11.6 Å². The predicted molar refractivity (Wildman–Crippen MR) is 165 cm³/mol. The minimum atomic E-state index is -1.17. The van der Waals surface area contributed by atoms with Crippen molar-refractivity contribution >= 4 is 40.7 Å². The Balaban J connectivity index is 1.52. The van der Waals surface area contributed by atoms with Gasteiger partial charge in [-0.25, -0.2) is 0 Å². The molecule has 0 aliphatic carbocycles. The highest BCUT2D eigenvalue weighted by atomic mass is 35.5. The van der Waals surface area contributed by atoms with Crippen LogP contribution in [-0.2, 0) is 19.1 Å². The van der Waals surface area contributed by atoms with Crippen molar-refractivity contribution in [2.75, 3.05) is 42.6 Å². The zero-order valence-electron chi connectivity index (χ0n) is 24.4. The van der Waals surface area contributed by atoms with Crippen molar-refractivity contribution in [2.24, 2.45) is 11.8 Å². The monoisotopic (exact) mass is 607 g/mol. The Morgan fingerprint density at radius 3 is 2.26 bits per heavy atom. The van der Waals surface area contributed by atoms with Crippen LogP contribution in [-0.4, -0.2) is 78.3 Å². The smallest absolute Gasteiger partial charge is 0.253 e. The van der Waals surface area contributed by atoms with E-state index in [-0.39, 0.29) is 50.4 Å². The SMILES string of the molecule is C=CCN(C(=O)C1N(CCCO)C(=O)[C@@H]2[C@H](C(=O)N(CC=C)c3ccc(OCC)cc3)[C@@H]3CCC12O3)c1ccc(Cl)cc1. The van der Waals surface area contributed by atoms with Gasteiger partial charge in [0.15, 0.2) is 0 Å². The number of amides is 3. The van der Waals surface area contributed by atoms with Crippen LogP contribution in [0.3, 0.4) is 0 Å². The Bertz CT molecular complexity index is 1370. The second-order valence-electron chi connectivity index (χ2n) is 11.0. The van der Waals surface area contributed by atoms with Gasteiger partial charge in [-0.3, -0.25) is 14.4 Å². The lowest BCUT2D eigenvalue weighted by molar-refractivity contribution is -0.141. The fraction of sp³-hybridized carbons (Fsp3) is 0.424. The topological polar surface area (TPSA) is 99.6 Å². The van der Waals surface area contributed by atoms with E-state index >= 15 is 0 Å². The molecule has 0 saturated carbocycles. The molecular formula is C33H38ClN3O6. The number of anilines is 2. The molecule has 0 radical (unpaired) electrons. The highest BCUT2D eigenvalue weighted by molar-refractivity contribution is 6.30. The molecule has 2 bridgehead atoms. The highest BCUT2D eigenvalue weighted by Crippen LogP contribution is 2.59. The second kappa shape index (κ2) is 12.9. The van der Waals surface area contributed by atoms with Crippen LogP contribution in [0, 0.1) is 11.8 Å². The number of aliphatic hydroxyl groups excluding tert-OH is 1. The van der Waals surface area contributed by atoms with Crippen LogP contribution in [0.5, 0.6) is 5.75 Å². The number of hydrogen-bond donors (Lipinski definition) is 1. The van der Waals surface area contributed by atoms with Gasteiger partial charge >= 0.3 is 0 Å². The van der Waals surface area contributed by atoms with Crippen LogP contribution < -0.4 is 14.5 Å². The number of rotatable bonds is 13. The molecule has 3 heterocycles. The van der Waals surface area contributed by atoms with Gasteiger partial charge in [-0.15, -0.1) is 13.2 Å². The molecule has 3 aliphatic heterocycles. The molecule has 5 atom stereocenters. The average molecular weight is 608 g/mol. The van der Waals surface area contributed by atoms with Crippen LogP contribution in [0.1, 0.15) is 26.2 Å². The summed E-state index contributed by atoms with van der Waals surface area (Å²) in [7, 11) is 0. The number of fused-ring (bicyclic) bond motifs is 1. The summed E-state index contributed by atoms with van der Waals surface area (Å²) in [6.45, 7) is 10.6. The van der Waals surface area contributed by atoms with Crippen LogP contribution in [0.15, 0.2) is 73.8 Å². The van der Waals surface area contributed by atoms with Gasteiger partial charge in [0.25, 0.3) is 5.91 Å². The average Bonchev–Trinajstić information content (AvgIpc) is 3.65. The second-order valence-corrected chi connectivity index (χ2v) is 11.5. The molecule has 2 aromatic carbocycles. The molecule has 3 amide bonds. The van der Waals surface area contributed by atoms with E-state index < -0.39 is 29.6 Å². The summed E-state index contributed by atoms with van der Waals surface area (Å²) in [4.78, 5) is 47.8. The van der Waals surface area contributed by atoms with E-state index in [9.17, 15) is 19.5 Å². The Morgan fingerprint density at radius 2 is 1.67 bits per heavy atom. The maximum atomic E-state index is 14.5. The Hall–Kier alpha value is -3.66. The summed E-state index contributed by atoms with van der Waals surface area (Å²) >= 11 is 6.11. The first-order valence-electron chi connectivity index (χ1n) is 14.7. The number of nitrogens with zero attached hydrogens (tertiary/aromatic N) is 3. The number of carbonyl (C=O) groups is 3. The number of hydrogen-bond acceptors (Lipinski definition) is 6. The molecule has 228 valence electrons. The number of aliphatic hydroxyl groups is 1. The molecule has 3 aliphatic rings. The van der Waals surface area contributed by atoms with Crippen molar-refractivity contribution in [3.05, 3.63) is 78.9 Å². The Morgan fingerprint density at radius 1 is 1.07 bits per heavy atom. The van der Waals surface area contributed by atoms with Crippen molar-refractivity contribution < 1.29 is 29.0 Å². The summed E-state index contributed by atoms with van der Waals surface area (Å²) in [6.07, 6.45) is 4.07. The predicted octanol–water partition coefficient (Wildman–Crippen LogP) is 4.23. The molecule has 43 heavy (non-hydrogen) atoms. The van der Waals surface area contributed by atoms with Crippen molar-refractivity contribution in [2.45, 2.75) is 43.9 Å². The van der Waals surface area contributed by atoms with E-state index in [4.69, 9.17) is 21.1 Å². The fourth-order valence-corrected chi connectivity index (χ4v) is 7.06. The molecule has 2 unspecified atom stereocenters. The van der Waals surface area contributed by atoms with E-state index in [0.717, 1.165) is 0 Å². The molecule has 5 rings (SSSR count). The number of ether oxygens (including phenoxy) is 2. The summed E-state index contributed by atoms with van der Waals surface area (Å²) in [6, 6.07) is 13.2. The molecule has 10 heteroatoms. The zero-order chi connectivity index (χ0) is 30.7. The summed E-state index contributed by atoms with van der Waals surface area (Å²) in [5, 5.41) is 10.2. The minimum Gasteiger partial charge on any atom is -0.494 e. The summed E-state index contributed by atoms with van der Waals surface area (Å²) in [5.74, 6) is -1.78. The third-order valence-corrected chi connectivity index (χ3v) is 8.88. The lowest BCUT2D eigenvalue weighted by Crippen LogP contribution is -2.56. The molecule has 9 nitrogen and oxygen atoms in total. The van der Waals surface area contributed by atoms with Crippen molar-refractivity contribution in [3.8, 4) is 5.75 Å². The molecular weight excluding hydrogens is 570 g/mol. The Labute approximate surface area is 257 Å². The Kier molecular flexibility index (Phi) is 9.25. The summed E-state index contributed by atoms with van der Waals surface area (Å²) in [5.41, 5.74) is 0.0934. The molecule has 1 spiro atoms. The third-order valence-electron chi connectivity index (χ3n) is 8.63. The maximum Gasteiger partial charge on any atom is 0.253 e. The van der Waals surface area contributed by atoms with E-state index in [0.29, 0.717) is 41.6 Å². The number of halogens is 1. The standard InChI is InChI=1S/C33H38ClN3O6/c1-4-18-35(24-12-14-25(15-13-24)42-6-3)30(39)27-26-16-17-33(43-26)28(27)31(40)37(20-7-21-38)29(33)32(41)36(19-5-2)23-10-8-22(34)9-11-23/h4-5,8-15,26-29,38H,1-2,6-7,16-21H2,3H3/t26-,27+,28-,29?,33?/m0/s1. The highest BCUT2D eigenvalue weighted by Gasteiger charge is 2.74. The zero-order valence-corrected chi connectivity index (χ0v) is 25.1. The normalized spacial score (nSPS) is 25.4. The maximum absolute atomic E-state index is 14.5. The van der Waals surface area contributed by atoms with Gasteiger partial charge in [-0.1, -0.05) is 23.8 Å². The lowest BCUT2D eigenvalue weighted by atomic mass is 9.70. The number of carbonyl (C=O) groups excluding carboxylic acids is 3. The minimum absolute atomic E-state index is 0.146. The van der Waals surface area contributed by atoms with Gasteiger partial charge in [0, 0.05) is 42.6 Å².